The number of hydrogen-bond acceptors (Lipinski definition) is 1. The highest BCUT2D eigenvalue weighted by Crippen LogP contribution is 2.46. The lowest BCUT2D eigenvalue weighted by atomic mass is 10.0. The van der Waals surface area contributed by atoms with Gasteiger partial charge in [0.05, 0.1) is 44.5 Å². The Kier molecular flexibility index (Phi) is 9.23. The molecule has 0 radical (unpaired) electrons. The van der Waals surface area contributed by atoms with Crippen LogP contribution in [0.2, 0.25) is 0 Å². The molecule has 0 atom stereocenters. The van der Waals surface area contributed by atoms with E-state index in [0.717, 1.165) is 116 Å². The standard InChI is InChI=1S/C67H42N4/c68-43-58-64(70-60-34-30-48(44-18-6-1-7-19-44)38-54(60)55-39-49(31-35-61(55)70)45-20-8-2-9-21-45)42-65(66-53-28-16-17-29-59(53)69(67(58)66)52-26-14-5-15-27-52)71-62-36-32-50(46-22-10-3-11-23-46)40-56(62)57-41-51(33-37-63(57)71)47-24-12-4-13-25-47/h1-42H. The summed E-state index contributed by atoms with van der Waals surface area (Å²) in [5.41, 5.74) is 18.7. The fourth-order valence-electron chi connectivity index (χ4n) is 11.2. The van der Waals surface area contributed by atoms with Crippen molar-refractivity contribution in [1.29, 1.82) is 5.26 Å². The Hall–Kier alpha value is -9.69. The number of nitrogens with zero attached hydrogens (tertiary/aromatic N) is 4. The van der Waals surface area contributed by atoms with Crippen molar-refractivity contribution in [3.8, 4) is 67.6 Å². The molecular weight excluding hydrogens is 861 g/mol. The molecule has 0 amide bonds. The molecule has 0 saturated carbocycles. The molecule has 0 fully saturated rings. The Labute approximate surface area is 410 Å². The van der Waals surface area contributed by atoms with Crippen molar-refractivity contribution in [2.75, 3.05) is 0 Å². The molecule has 0 aliphatic heterocycles. The predicted octanol–water partition coefficient (Wildman–Crippen LogP) is 17.5. The SMILES string of the molecule is N#Cc1c(-n2c3ccc(-c4ccccc4)cc3c3cc(-c4ccccc4)ccc32)cc(-n2c3ccc(-c4ccccc4)cc3c3cc(-c4ccccc4)ccc32)c2c3ccccc3n(-c3ccccc3)c12. The molecule has 0 N–H and O–H groups in total. The van der Waals surface area contributed by atoms with Crippen LogP contribution in [0.3, 0.4) is 0 Å². The third-order valence-electron chi connectivity index (χ3n) is 14.5. The molecule has 0 spiro atoms. The van der Waals surface area contributed by atoms with Crippen LogP contribution in [0, 0.1) is 11.3 Å². The van der Waals surface area contributed by atoms with E-state index in [-0.39, 0.29) is 0 Å². The van der Waals surface area contributed by atoms with Crippen LogP contribution in [0.4, 0.5) is 0 Å². The number of aromatic nitrogens is 3. The highest BCUT2D eigenvalue weighted by atomic mass is 15.0. The normalized spacial score (nSPS) is 11.6. The van der Waals surface area contributed by atoms with Crippen LogP contribution in [0.25, 0.3) is 127 Å². The Morgan fingerprint density at radius 1 is 0.268 bits per heavy atom. The summed E-state index contributed by atoms with van der Waals surface area (Å²) in [7, 11) is 0. The maximum Gasteiger partial charge on any atom is 0.104 e. The van der Waals surface area contributed by atoms with E-state index in [1.807, 2.05) is 0 Å². The molecule has 0 bridgehead atoms. The minimum absolute atomic E-state index is 0.598. The van der Waals surface area contributed by atoms with Crippen molar-refractivity contribution in [1.82, 2.24) is 13.7 Å². The van der Waals surface area contributed by atoms with Gasteiger partial charge in [-0.1, -0.05) is 182 Å². The first-order valence-corrected chi connectivity index (χ1v) is 24.1. The van der Waals surface area contributed by atoms with Crippen molar-refractivity contribution < 1.29 is 0 Å². The lowest BCUT2D eigenvalue weighted by Crippen LogP contribution is -2.05. The van der Waals surface area contributed by atoms with Crippen molar-refractivity contribution in [3.05, 3.63) is 260 Å². The van der Waals surface area contributed by atoms with E-state index in [1.165, 1.54) is 11.1 Å². The van der Waals surface area contributed by atoms with Gasteiger partial charge in [0.25, 0.3) is 0 Å². The van der Waals surface area contributed by atoms with Gasteiger partial charge in [-0.25, -0.2) is 0 Å². The van der Waals surface area contributed by atoms with E-state index in [2.05, 4.69) is 275 Å². The number of rotatable bonds is 7. The number of nitriles is 1. The number of para-hydroxylation sites is 2. The van der Waals surface area contributed by atoms with Crippen LogP contribution in [0.15, 0.2) is 255 Å². The van der Waals surface area contributed by atoms with Gasteiger partial charge in [0, 0.05) is 38.0 Å². The summed E-state index contributed by atoms with van der Waals surface area (Å²) >= 11 is 0. The largest absolute Gasteiger partial charge is 0.308 e. The van der Waals surface area contributed by atoms with Crippen LogP contribution < -0.4 is 0 Å². The van der Waals surface area contributed by atoms with Gasteiger partial charge in [0.15, 0.2) is 0 Å². The number of hydrogen-bond donors (Lipinski definition) is 0. The molecule has 0 aliphatic carbocycles. The first kappa shape index (κ1) is 40.4. The monoisotopic (exact) mass is 902 g/mol. The summed E-state index contributed by atoms with van der Waals surface area (Å²) in [4.78, 5) is 0. The Balaban J connectivity index is 1.15. The highest BCUT2D eigenvalue weighted by Gasteiger charge is 2.27. The second-order valence-electron chi connectivity index (χ2n) is 18.4. The molecule has 14 rings (SSSR count). The summed E-state index contributed by atoms with van der Waals surface area (Å²) in [6.07, 6.45) is 0. The van der Waals surface area contributed by atoms with E-state index in [0.29, 0.717) is 5.56 Å². The van der Waals surface area contributed by atoms with Gasteiger partial charge in [-0.2, -0.15) is 5.26 Å². The van der Waals surface area contributed by atoms with Crippen molar-refractivity contribution in [2.45, 2.75) is 0 Å². The zero-order chi connectivity index (χ0) is 47.0. The van der Waals surface area contributed by atoms with Gasteiger partial charge in [-0.15, -0.1) is 0 Å². The Bertz CT molecular complexity index is 4230. The third kappa shape index (κ3) is 6.38. The Morgan fingerprint density at radius 3 is 1.00 bits per heavy atom. The molecule has 0 aliphatic rings. The van der Waals surface area contributed by atoms with Crippen molar-refractivity contribution in [2.24, 2.45) is 0 Å². The van der Waals surface area contributed by atoms with Gasteiger partial charge in [-0.05, 0) is 117 Å². The zero-order valence-electron chi connectivity index (χ0n) is 38.5. The van der Waals surface area contributed by atoms with Gasteiger partial charge >= 0.3 is 0 Å². The minimum Gasteiger partial charge on any atom is -0.308 e. The molecule has 3 aromatic heterocycles. The summed E-state index contributed by atoms with van der Waals surface area (Å²) in [5.74, 6) is 0. The summed E-state index contributed by atoms with van der Waals surface area (Å²) in [6, 6.07) is 94.1. The lowest BCUT2D eigenvalue weighted by Gasteiger charge is -2.18. The van der Waals surface area contributed by atoms with Gasteiger partial charge < -0.3 is 13.7 Å². The van der Waals surface area contributed by atoms with E-state index in [9.17, 15) is 5.26 Å². The topological polar surface area (TPSA) is 38.6 Å². The fourth-order valence-corrected chi connectivity index (χ4v) is 11.2. The van der Waals surface area contributed by atoms with Crippen molar-refractivity contribution >= 4 is 65.4 Å². The smallest absolute Gasteiger partial charge is 0.104 e. The van der Waals surface area contributed by atoms with Crippen LogP contribution in [-0.4, -0.2) is 13.7 Å². The quantitative estimate of drug-likeness (QED) is 0.157. The average Bonchev–Trinajstić information content (AvgIpc) is 4.09. The van der Waals surface area contributed by atoms with Gasteiger partial charge in [0.2, 0.25) is 0 Å². The van der Waals surface area contributed by atoms with E-state index in [4.69, 9.17) is 0 Å². The maximum atomic E-state index is 11.9. The lowest BCUT2D eigenvalue weighted by molar-refractivity contribution is 1.12. The van der Waals surface area contributed by atoms with E-state index < -0.39 is 0 Å². The first-order chi connectivity index (χ1) is 35.2. The van der Waals surface area contributed by atoms with Crippen LogP contribution >= 0.6 is 0 Å². The molecule has 4 nitrogen and oxygen atoms in total. The molecule has 71 heavy (non-hydrogen) atoms. The minimum atomic E-state index is 0.598. The van der Waals surface area contributed by atoms with Crippen LogP contribution in [-0.2, 0) is 0 Å². The first-order valence-electron chi connectivity index (χ1n) is 24.1. The summed E-state index contributed by atoms with van der Waals surface area (Å²) in [6.45, 7) is 0. The second-order valence-corrected chi connectivity index (χ2v) is 18.4. The molecule has 14 aromatic rings. The molecule has 330 valence electrons. The number of fused-ring (bicyclic) bond motifs is 9. The summed E-state index contributed by atoms with van der Waals surface area (Å²) < 4.78 is 7.11. The van der Waals surface area contributed by atoms with E-state index in [1.54, 1.807) is 0 Å². The van der Waals surface area contributed by atoms with E-state index >= 15 is 0 Å². The average molecular weight is 903 g/mol. The highest BCUT2D eigenvalue weighted by molar-refractivity contribution is 6.20. The van der Waals surface area contributed by atoms with Crippen molar-refractivity contribution in [3.63, 3.8) is 0 Å². The molecule has 4 heteroatoms. The molecule has 0 unspecified atom stereocenters. The molecular formula is C67H42N4. The fraction of sp³-hybridized carbons (Fsp3) is 0. The maximum absolute atomic E-state index is 11.9. The van der Waals surface area contributed by atoms with Gasteiger partial charge in [0.1, 0.15) is 11.6 Å². The van der Waals surface area contributed by atoms with Crippen LogP contribution in [0.5, 0.6) is 0 Å². The molecule has 11 aromatic carbocycles. The second kappa shape index (κ2) is 16.2. The Morgan fingerprint density at radius 2 is 0.606 bits per heavy atom. The van der Waals surface area contributed by atoms with Gasteiger partial charge in [-0.3, -0.25) is 0 Å². The predicted molar refractivity (Wildman–Crippen MR) is 296 cm³/mol. The molecule has 3 heterocycles. The number of benzene rings is 11. The molecule has 0 saturated heterocycles. The zero-order valence-corrected chi connectivity index (χ0v) is 38.5. The van der Waals surface area contributed by atoms with Crippen LogP contribution in [0.1, 0.15) is 5.56 Å². The summed E-state index contributed by atoms with van der Waals surface area (Å²) in [5, 5.41) is 18.5. The third-order valence-corrected chi connectivity index (χ3v) is 14.5.